The minimum absolute atomic E-state index is 0.284. The summed E-state index contributed by atoms with van der Waals surface area (Å²) in [6.45, 7) is 6.21. The molecular formula is C10H8F2. The molecule has 0 heterocycles. The standard InChI is InChI=1S/C10H8F2/c1-7(11)9-4-3-5-10(6-9)8(2)12/h3-6H,1-2H2. The van der Waals surface area contributed by atoms with E-state index in [4.69, 9.17) is 0 Å². The van der Waals surface area contributed by atoms with Crippen molar-refractivity contribution in [3.63, 3.8) is 0 Å². The second-order valence-electron chi connectivity index (χ2n) is 2.39. The van der Waals surface area contributed by atoms with Crippen LogP contribution in [-0.4, -0.2) is 0 Å². The van der Waals surface area contributed by atoms with Crippen LogP contribution in [0.15, 0.2) is 37.4 Å². The molecule has 0 radical (unpaired) electrons. The lowest BCUT2D eigenvalue weighted by atomic mass is 10.1. The minimum Gasteiger partial charge on any atom is -0.207 e. The summed E-state index contributed by atoms with van der Waals surface area (Å²) >= 11 is 0. The largest absolute Gasteiger partial charge is 0.207 e. The average molecular weight is 166 g/mol. The van der Waals surface area contributed by atoms with E-state index in [-0.39, 0.29) is 11.1 Å². The van der Waals surface area contributed by atoms with Gasteiger partial charge in [0.2, 0.25) is 0 Å². The third kappa shape index (κ3) is 1.78. The van der Waals surface area contributed by atoms with Gasteiger partial charge in [-0.2, -0.15) is 0 Å². The maximum absolute atomic E-state index is 12.5. The van der Waals surface area contributed by atoms with E-state index in [1.165, 1.54) is 18.2 Å². The Morgan fingerprint density at radius 2 is 1.42 bits per heavy atom. The smallest absolute Gasteiger partial charge is 0.123 e. The van der Waals surface area contributed by atoms with Crippen molar-refractivity contribution < 1.29 is 8.78 Å². The van der Waals surface area contributed by atoms with Gasteiger partial charge in [0, 0.05) is 11.1 Å². The summed E-state index contributed by atoms with van der Waals surface area (Å²) in [5, 5.41) is 0. The highest BCUT2D eigenvalue weighted by Crippen LogP contribution is 2.19. The lowest BCUT2D eigenvalue weighted by Gasteiger charge is -1.99. The quantitative estimate of drug-likeness (QED) is 0.630. The van der Waals surface area contributed by atoms with Crippen LogP contribution in [0.3, 0.4) is 0 Å². The van der Waals surface area contributed by atoms with Crippen LogP contribution >= 0.6 is 0 Å². The van der Waals surface area contributed by atoms with Gasteiger partial charge in [0.25, 0.3) is 0 Å². The Labute approximate surface area is 69.8 Å². The molecule has 1 aromatic carbocycles. The molecule has 0 aromatic heterocycles. The molecule has 2 heteroatoms. The zero-order valence-corrected chi connectivity index (χ0v) is 6.48. The average Bonchev–Trinajstić information content (AvgIpc) is 2.04. The van der Waals surface area contributed by atoms with Gasteiger partial charge in [-0.3, -0.25) is 0 Å². The van der Waals surface area contributed by atoms with E-state index in [2.05, 4.69) is 13.2 Å². The van der Waals surface area contributed by atoms with Gasteiger partial charge in [-0.1, -0.05) is 31.4 Å². The van der Waals surface area contributed by atoms with Crippen molar-refractivity contribution in [1.82, 2.24) is 0 Å². The van der Waals surface area contributed by atoms with Gasteiger partial charge >= 0.3 is 0 Å². The van der Waals surface area contributed by atoms with E-state index in [0.717, 1.165) is 0 Å². The third-order valence-electron chi connectivity index (χ3n) is 1.49. The molecule has 0 aliphatic carbocycles. The molecule has 0 nitrogen and oxygen atoms in total. The molecule has 0 fully saturated rings. The Balaban J connectivity index is 3.12. The van der Waals surface area contributed by atoms with Crippen LogP contribution in [0, 0.1) is 0 Å². The van der Waals surface area contributed by atoms with Gasteiger partial charge in [0.05, 0.1) is 0 Å². The Kier molecular flexibility index (Phi) is 2.38. The number of hydrogen-bond acceptors (Lipinski definition) is 0. The molecular weight excluding hydrogens is 158 g/mol. The van der Waals surface area contributed by atoms with E-state index >= 15 is 0 Å². The van der Waals surface area contributed by atoms with Gasteiger partial charge in [0.15, 0.2) is 0 Å². The summed E-state index contributed by atoms with van der Waals surface area (Å²) in [7, 11) is 0. The first kappa shape index (κ1) is 8.65. The summed E-state index contributed by atoms with van der Waals surface area (Å²) in [5.41, 5.74) is 0.567. The van der Waals surface area contributed by atoms with Crippen LogP contribution in [0.2, 0.25) is 0 Å². The molecule has 0 amide bonds. The van der Waals surface area contributed by atoms with Crippen LogP contribution in [0.5, 0.6) is 0 Å². The first-order valence-electron chi connectivity index (χ1n) is 3.41. The van der Waals surface area contributed by atoms with Crippen molar-refractivity contribution in [1.29, 1.82) is 0 Å². The van der Waals surface area contributed by atoms with E-state index in [0.29, 0.717) is 0 Å². The van der Waals surface area contributed by atoms with Crippen molar-refractivity contribution in [2.75, 3.05) is 0 Å². The number of benzene rings is 1. The normalized spacial score (nSPS) is 9.50. The van der Waals surface area contributed by atoms with E-state index in [1.54, 1.807) is 6.07 Å². The summed E-state index contributed by atoms with van der Waals surface area (Å²) in [6.07, 6.45) is 0. The summed E-state index contributed by atoms with van der Waals surface area (Å²) in [5.74, 6) is -1.14. The Hall–Kier alpha value is -1.44. The molecule has 0 aliphatic rings. The van der Waals surface area contributed by atoms with Crippen LogP contribution in [0.4, 0.5) is 8.78 Å². The highest BCUT2D eigenvalue weighted by atomic mass is 19.1. The van der Waals surface area contributed by atoms with Gasteiger partial charge in [-0.05, 0) is 6.07 Å². The van der Waals surface area contributed by atoms with E-state index in [9.17, 15) is 8.78 Å². The molecule has 0 saturated carbocycles. The van der Waals surface area contributed by atoms with Crippen molar-refractivity contribution in [2.24, 2.45) is 0 Å². The molecule has 1 rings (SSSR count). The molecule has 0 spiro atoms. The summed E-state index contributed by atoms with van der Waals surface area (Å²) in [6, 6.07) is 5.97. The summed E-state index contributed by atoms with van der Waals surface area (Å²) in [4.78, 5) is 0. The van der Waals surface area contributed by atoms with Gasteiger partial charge in [-0.15, -0.1) is 0 Å². The predicted octanol–water partition coefficient (Wildman–Crippen LogP) is 3.57. The maximum atomic E-state index is 12.5. The van der Waals surface area contributed by atoms with Crippen LogP contribution in [-0.2, 0) is 0 Å². The molecule has 1 aromatic rings. The fourth-order valence-corrected chi connectivity index (χ4v) is 0.857. The number of halogens is 2. The number of hydrogen-bond donors (Lipinski definition) is 0. The fourth-order valence-electron chi connectivity index (χ4n) is 0.857. The topological polar surface area (TPSA) is 0 Å². The lowest BCUT2D eigenvalue weighted by molar-refractivity contribution is 0.758. The van der Waals surface area contributed by atoms with Gasteiger partial charge in [0.1, 0.15) is 11.7 Å². The Morgan fingerprint density at radius 1 is 1.00 bits per heavy atom. The van der Waals surface area contributed by atoms with Gasteiger partial charge < -0.3 is 0 Å². The summed E-state index contributed by atoms with van der Waals surface area (Å²) < 4.78 is 25.1. The van der Waals surface area contributed by atoms with Crippen LogP contribution in [0.1, 0.15) is 11.1 Å². The van der Waals surface area contributed by atoms with Crippen LogP contribution < -0.4 is 0 Å². The first-order chi connectivity index (χ1) is 5.61. The van der Waals surface area contributed by atoms with Gasteiger partial charge in [-0.25, -0.2) is 8.78 Å². The SMILES string of the molecule is C=C(F)c1cccc(C(=C)F)c1. The highest BCUT2D eigenvalue weighted by molar-refractivity contribution is 5.64. The third-order valence-corrected chi connectivity index (χ3v) is 1.49. The molecule has 0 N–H and O–H groups in total. The van der Waals surface area contributed by atoms with Crippen molar-refractivity contribution in [2.45, 2.75) is 0 Å². The minimum atomic E-state index is -0.571. The molecule has 0 atom stereocenters. The first-order valence-corrected chi connectivity index (χ1v) is 3.41. The molecule has 62 valence electrons. The fraction of sp³-hybridized carbons (Fsp3) is 0. The van der Waals surface area contributed by atoms with E-state index in [1.807, 2.05) is 0 Å². The van der Waals surface area contributed by atoms with Crippen LogP contribution in [0.25, 0.3) is 11.7 Å². The second-order valence-corrected chi connectivity index (χ2v) is 2.39. The van der Waals surface area contributed by atoms with Crippen molar-refractivity contribution in [3.05, 3.63) is 48.6 Å². The zero-order valence-electron chi connectivity index (χ0n) is 6.48. The van der Waals surface area contributed by atoms with Crippen molar-refractivity contribution >= 4 is 11.7 Å². The Morgan fingerprint density at radius 3 is 1.75 bits per heavy atom. The Bertz CT molecular complexity index is 297. The van der Waals surface area contributed by atoms with Crippen molar-refractivity contribution in [3.8, 4) is 0 Å². The molecule has 0 bridgehead atoms. The monoisotopic (exact) mass is 166 g/mol. The number of rotatable bonds is 2. The molecule has 12 heavy (non-hydrogen) atoms. The molecule has 0 saturated heterocycles. The molecule has 0 aliphatic heterocycles. The van der Waals surface area contributed by atoms with E-state index < -0.39 is 11.7 Å². The molecule has 0 unspecified atom stereocenters. The maximum Gasteiger partial charge on any atom is 0.123 e. The predicted molar refractivity (Wildman–Crippen MR) is 46.7 cm³/mol. The second kappa shape index (κ2) is 3.30. The lowest BCUT2D eigenvalue weighted by Crippen LogP contribution is -1.80. The highest BCUT2D eigenvalue weighted by Gasteiger charge is 2.00. The zero-order chi connectivity index (χ0) is 9.14.